The van der Waals surface area contributed by atoms with Gasteiger partial charge in [0.25, 0.3) is 0 Å². The van der Waals surface area contributed by atoms with Gasteiger partial charge < -0.3 is 4.90 Å². The van der Waals surface area contributed by atoms with E-state index in [1.807, 2.05) is 30.3 Å². The monoisotopic (exact) mass is 382 g/mol. The first-order valence-electron chi connectivity index (χ1n) is 7.89. The van der Waals surface area contributed by atoms with Crippen molar-refractivity contribution in [2.75, 3.05) is 24.2 Å². The van der Waals surface area contributed by atoms with Crippen molar-refractivity contribution in [2.24, 2.45) is 0 Å². The van der Waals surface area contributed by atoms with Gasteiger partial charge in [-0.15, -0.1) is 0 Å². The van der Waals surface area contributed by atoms with Gasteiger partial charge in [0.2, 0.25) is 15.9 Å². The van der Waals surface area contributed by atoms with E-state index in [2.05, 4.69) is 0 Å². The van der Waals surface area contributed by atoms with Crippen molar-refractivity contribution < 1.29 is 22.0 Å². The van der Waals surface area contributed by atoms with Crippen LogP contribution in [0.15, 0.2) is 48.5 Å². The molecule has 0 aliphatic heterocycles. The molecule has 0 aliphatic rings. The number of nitrogens with zero attached hydrogens (tertiary/aromatic N) is 2. The van der Waals surface area contributed by atoms with Gasteiger partial charge >= 0.3 is 0 Å². The third-order valence-electron chi connectivity index (χ3n) is 3.81. The van der Waals surface area contributed by atoms with Gasteiger partial charge in [0.1, 0.15) is 0 Å². The molecule has 8 heteroatoms. The Morgan fingerprint density at radius 1 is 1.04 bits per heavy atom. The first-order valence-corrected chi connectivity index (χ1v) is 9.74. The molecule has 0 saturated carbocycles. The van der Waals surface area contributed by atoms with Gasteiger partial charge in [-0.1, -0.05) is 30.3 Å². The van der Waals surface area contributed by atoms with Crippen LogP contribution in [0.3, 0.4) is 0 Å². The van der Waals surface area contributed by atoms with Crippen molar-refractivity contribution in [1.29, 1.82) is 0 Å². The lowest BCUT2D eigenvalue weighted by Gasteiger charge is -2.24. The van der Waals surface area contributed by atoms with Crippen LogP contribution < -0.4 is 4.31 Å². The lowest BCUT2D eigenvalue weighted by Crippen LogP contribution is -2.35. The molecule has 0 N–H and O–H groups in total. The van der Waals surface area contributed by atoms with E-state index in [9.17, 15) is 22.0 Å². The summed E-state index contributed by atoms with van der Waals surface area (Å²) in [5.74, 6) is -2.48. The van der Waals surface area contributed by atoms with Crippen LogP contribution in [0.1, 0.15) is 12.0 Å². The van der Waals surface area contributed by atoms with Crippen LogP contribution in [-0.2, 0) is 21.4 Å². The lowest BCUT2D eigenvalue weighted by atomic mass is 10.2. The quantitative estimate of drug-likeness (QED) is 0.740. The molecule has 0 unspecified atom stereocenters. The van der Waals surface area contributed by atoms with Gasteiger partial charge in [0, 0.05) is 32.6 Å². The Balaban J connectivity index is 2.07. The van der Waals surface area contributed by atoms with E-state index >= 15 is 0 Å². The number of hydrogen-bond donors (Lipinski definition) is 0. The molecule has 2 rings (SSSR count). The normalized spacial score (nSPS) is 11.2. The zero-order chi connectivity index (χ0) is 19.3. The highest BCUT2D eigenvalue weighted by atomic mass is 32.2. The second-order valence-corrected chi connectivity index (χ2v) is 7.83. The Hall–Kier alpha value is -2.48. The van der Waals surface area contributed by atoms with E-state index in [1.54, 1.807) is 7.05 Å². The molecular formula is C18H20F2N2O3S. The maximum Gasteiger partial charge on any atom is 0.232 e. The maximum absolute atomic E-state index is 13.4. The summed E-state index contributed by atoms with van der Waals surface area (Å²) in [4.78, 5) is 13.8. The number of amides is 1. The number of carbonyl (C=O) groups is 1. The third-order valence-corrected chi connectivity index (χ3v) is 5.00. The molecule has 0 aromatic heterocycles. The molecule has 0 saturated heterocycles. The van der Waals surface area contributed by atoms with Crippen molar-refractivity contribution in [2.45, 2.75) is 13.0 Å². The average molecular weight is 382 g/mol. The van der Waals surface area contributed by atoms with E-state index in [4.69, 9.17) is 0 Å². The molecule has 2 aromatic carbocycles. The Morgan fingerprint density at radius 3 is 2.27 bits per heavy atom. The Labute approximate surface area is 151 Å². The van der Waals surface area contributed by atoms with E-state index in [-0.39, 0.29) is 24.6 Å². The van der Waals surface area contributed by atoms with Gasteiger partial charge in [-0.3, -0.25) is 9.10 Å². The van der Waals surface area contributed by atoms with Crippen molar-refractivity contribution in [3.63, 3.8) is 0 Å². The molecule has 140 valence electrons. The molecule has 0 aliphatic carbocycles. The van der Waals surface area contributed by atoms with E-state index < -0.39 is 21.7 Å². The van der Waals surface area contributed by atoms with Gasteiger partial charge in [0.15, 0.2) is 11.6 Å². The molecule has 0 radical (unpaired) electrons. The highest BCUT2D eigenvalue weighted by Crippen LogP contribution is 2.21. The van der Waals surface area contributed by atoms with Crippen LogP contribution in [0.4, 0.5) is 14.5 Å². The zero-order valence-corrected chi connectivity index (χ0v) is 15.3. The van der Waals surface area contributed by atoms with E-state index in [0.29, 0.717) is 6.54 Å². The smallest absolute Gasteiger partial charge is 0.232 e. The largest absolute Gasteiger partial charge is 0.341 e. The minimum absolute atomic E-state index is 0.0232. The second-order valence-electron chi connectivity index (χ2n) is 5.92. The van der Waals surface area contributed by atoms with Gasteiger partial charge in [-0.25, -0.2) is 17.2 Å². The predicted octanol–water partition coefficient (Wildman–Crippen LogP) is 2.78. The molecule has 0 fully saturated rings. The fourth-order valence-electron chi connectivity index (χ4n) is 2.46. The fourth-order valence-corrected chi connectivity index (χ4v) is 3.38. The fraction of sp³-hybridized carbons (Fsp3) is 0.278. The summed E-state index contributed by atoms with van der Waals surface area (Å²) >= 11 is 0. The van der Waals surface area contributed by atoms with Crippen LogP contribution in [0, 0.1) is 11.6 Å². The second kappa shape index (κ2) is 8.27. The number of sulfonamides is 1. The molecule has 0 spiro atoms. The Kier molecular flexibility index (Phi) is 6.31. The minimum atomic E-state index is -3.75. The standard InChI is InChI=1S/C18H20F2N2O3S/c1-21(13-14-6-4-3-5-7-14)18(23)10-11-22(26(2,24)25)15-8-9-16(19)17(20)12-15/h3-9,12H,10-11,13H2,1-2H3. The summed E-state index contributed by atoms with van der Waals surface area (Å²) in [6.07, 6.45) is 0.863. The maximum atomic E-state index is 13.4. The molecule has 5 nitrogen and oxygen atoms in total. The number of rotatable bonds is 7. The molecule has 0 heterocycles. The van der Waals surface area contributed by atoms with Crippen molar-refractivity contribution in [1.82, 2.24) is 4.90 Å². The summed E-state index contributed by atoms with van der Waals surface area (Å²) < 4.78 is 51.4. The highest BCUT2D eigenvalue weighted by molar-refractivity contribution is 7.92. The van der Waals surface area contributed by atoms with Crippen LogP contribution >= 0.6 is 0 Å². The zero-order valence-electron chi connectivity index (χ0n) is 14.5. The van der Waals surface area contributed by atoms with Crippen molar-refractivity contribution in [3.05, 3.63) is 65.7 Å². The number of carbonyl (C=O) groups excluding carboxylic acids is 1. The first kappa shape index (κ1) is 19.8. The van der Waals surface area contributed by atoms with Crippen LogP contribution in [0.2, 0.25) is 0 Å². The Morgan fingerprint density at radius 2 is 1.69 bits per heavy atom. The summed E-state index contributed by atoms with van der Waals surface area (Å²) in [5, 5.41) is 0. The Bertz CT molecular complexity index is 873. The third kappa shape index (κ3) is 5.26. The number of benzene rings is 2. The number of anilines is 1. The van der Waals surface area contributed by atoms with Crippen LogP contribution in [0.5, 0.6) is 0 Å². The van der Waals surface area contributed by atoms with Crippen molar-refractivity contribution >= 4 is 21.6 Å². The van der Waals surface area contributed by atoms with E-state index in [1.165, 1.54) is 4.90 Å². The molecular weight excluding hydrogens is 362 g/mol. The minimum Gasteiger partial charge on any atom is -0.341 e. The molecule has 26 heavy (non-hydrogen) atoms. The summed E-state index contributed by atoms with van der Waals surface area (Å²) in [6, 6.07) is 12.2. The summed E-state index contributed by atoms with van der Waals surface area (Å²) in [7, 11) is -2.13. The van der Waals surface area contributed by atoms with Crippen LogP contribution in [0.25, 0.3) is 0 Å². The molecule has 0 bridgehead atoms. The number of hydrogen-bond acceptors (Lipinski definition) is 3. The van der Waals surface area contributed by atoms with E-state index in [0.717, 1.165) is 34.3 Å². The SMILES string of the molecule is CN(Cc1ccccc1)C(=O)CCN(c1ccc(F)c(F)c1)S(C)(=O)=O. The summed E-state index contributed by atoms with van der Waals surface area (Å²) in [6.45, 7) is 0.228. The highest BCUT2D eigenvalue weighted by Gasteiger charge is 2.21. The van der Waals surface area contributed by atoms with Crippen LogP contribution in [-0.4, -0.2) is 39.1 Å². The van der Waals surface area contributed by atoms with Crippen molar-refractivity contribution in [3.8, 4) is 0 Å². The number of halogens is 2. The average Bonchev–Trinajstić information content (AvgIpc) is 2.57. The van der Waals surface area contributed by atoms with Gasteiger partial charge in [-0.05, 0) is 17.7 Å². The molecule has 0 atom stereocenters. The summed E-state index contributed by atoms with van der Waals surface area (Å²) in [5.41, 5.74) is 0.925. The molecule has 1 amide bonds. The predicted molar refractivity (Wildman–Crippen MR) is 96.1 cm³/mol. The van der Waals surface area contributed by atoms with Gasteiger partial charge in [0.05, 0.1) is 11.9 Å². The lowest BCUT2D eigenvalue weighted by molar-refractivity contribution is -0.130. The first-order chi connectivity index (χ1) is 12.2. The topological polar surface area (TPSA) is 57.7 Å². The van der Waals surface area contributed by atoms with Gasteiger partial charge in [-0.2, -0.15) is 0 Å². The molecule has 2 aromatic rings.